The lowest BCUT2D eigenvalue weighted by atomic mass is 9.87. The number of benzene rings is 2. The molecule has 1 spiro atoms. The van der Waals surface area contributed by atoms with Crippen LogP contribution in [0.25, 0.3) is 11.3 Å². The Morgan fingerprint density at radius 1 is 1.05 bits per heavy atom. The number of fused-ring (bicyclic) bond motifs is 1. The zero-order valence-corrected chi connectivity index (χ0v) is 21.3. The molecule has 3 fully saturated rings. The van der Waals surface area contributed by atoms with Gasteiger partial charge in [0, 0.05) is 12.0 Å². The summed E-state index contributed by atoms with van der Waals surface area (Å²) >= 11 is 0. The fraction of sp³-hybridized carbons (Fsp3) is 0.481. The summed E-state index contributed by atoms with van der Waals surface area (Å²) in [5, 5.41) is 8.38. The smallest absolute Gasteiger partial charge is 0.197 e. The van der Waals surface area contributed by atoms with Crippen molar-refractivity contribution in [3.05, 3.63) is 71.4 Å². The highest BCUT2D eigenvalue weighted by molar-refractivity contribution is 5.58. The molecule has 0 radical (unpaired) electrons. The first-order valence-electron chi connectivity index (χ1n) is 12.7. The van der Waals surface area contributed by atoms with Crippen LogP contribution in [-0.4, -0.2) is 58.1 Å². The monoisotopic (exact) mass is 549 g/mol. The maximum absolute atomic E-state index is 14.0. The van der Waals surface area contributed by atoms with Crippen LogP contribution in [-0.2, 0) is 30.3 Å². The van der Waals surface area contributed by atoms with Crippen LogP contribution in [0.2, 0.25) is 0 Å². The minimum absolute atomic E-state index is 0.0125. The van der Waals surface area contributed by atoms with E-state index in [1.807, 2.05) is 0 Å². The van der Waals surface area contributed by atoms with Crippen LogP contribution in [0.3, 0.4) is 0 Å². The molecular formula is C27H27F4N3O5. The molecule has 3 aliphatic heterocycles. The molecule has 8 nitrogen and oxygen atoms in total. The Bertz CT molecular complexity index is 1340. The van der Waals surface area contributed by atoms with Gasteiger partial charge < -0.3 is 23.7 Å². The number of nitrogens with zero attached hydrogens (tertiary/aromatic N) is 3. The van der Waals surface area contributed by atoms with Gasteiger partial charge in [-0.3, -0.25) is 0 Å². The lowest BCUT2D eigenvalue weighted by Gasteiger charge is -2.54. The molecule has 3 aromatic rings. The largest absolute Gasteiger partial charge is 0.366 e. The molecule has 0 unspecified atom stereocenters. The Balaban J connectivity index is 1.41. The van der Waals surface area contributed by atoms with Crippen molar-refractivity contribution in [3.8, 4) is 11.3 Å². The lowest BCUT2D eigenvalue weighted by molar-refractivity contribution is -0.404. The Morgan fingerprint density at radius 3 is 2.56 bits per heavy atom. The average molecular weight is 550 g/mol. The van der Waals surface area contributed by atoms with E-state index in [1.54, 1.807) is 26.0 Å². The van der Waals surface area contributed by atoms with Gasteiger partial charge in [-0.2, -0.15) is 0 Å². The Morgan fingerprint density at radius 2 is 1.85 bits per heavy atom. The summed E-state index contributed by atoms with van der Waals surface area (Å²) in [5.74, 6) is -6.77. The quantitative estimate of drug-likeness (QED) is 0.338. The van der Waals surface area contributed by atoms with Gasteiger partial charge in [0.2, 0.25) is 0 Å². The van der Waals surface area contributed by atoms with Gasteiger partial charge in [-0.25, -0.2) is 22.2 Å². The molecule has 0 amide bonds. The van der Waals surface area contributed by atoms with Crippen molar-refractivity contribution in [3.63, 3.8) is 0 Å². The van der Waals surface area contributed by atoms with Crippen molar-refractivity contribution >= 4 is 0 Å². The van der Waals surface area contributed by atoms with Gasteiger partial charge in [0.1, 0.15) is 35.9 Å². The summed E-state index contributed by atoms with van der Waals surface area (Å²) in [7, 11) is 0. The third-order valence-electron chi connectivity index (χ3n) is 7.24. The minimum atomic E-state index is -1.57. The maximum Gasteiger partial charge on any atom is 0.197 e. The fourth-order valence-electron chi connectivity index (χ4n) is 5.50. The Kier molecular flexibility index (Phi) is 6.71. The van der Waals surface area contributed by atoms with Crippen molar-refractivity contribution in [1.29, 1.82) is 0 Å². The second-order valence-corrected chi connectivity index (χ2v) is 10.4. The third kappa shape index (κ3) is 4.95. The molecule has 0 bridgehead atoms. The standard InChI is InChI=1S/C27H27F4N3O5/c1-26(2)37-14-21-24(39-26)23(34-12-20(32-33-34)16-10-18(29)22(31)19(30)11-16)25(27(38-21)7-4-8-36-27)35-13-15-5-3-6-17(28)9-15/h3,5-6,9-12,21,23-25H,4,7-8,13-14H2,1-2H3/t21-,23+,24+,25-,27+/m1/s1. The first-order chi connectivity index (χ1) is 18.6. The van der Waals surface area contributed by atoms with Gasteiger partial charge in [-0.15, -0.1) is 5.10 Å². The molecule has 39 heavy (non-hydrogen) atoms. The molecule has 0 N–H and O–H groups in total. The number of hydrogen-bond donors (Lipinski definition) is 0. The van der Waals surface area contributed by atoms with E-state index >= 15 is 0 Å². The molecule has 3 saturated heterocycles. The molecule has 12 heteroatoms. The van der Waals surface area contributed by atoms with E-state index < -0.39 is 59.2 Å². The predicted molar refractivity (Wildman–Crippen MR) is 127 cm³/mol. The summed E-state index contributed by atoms with van der Waals surface area (Å²) in [6, 6.07) is 7.08. The molecule has 0 saturated carbocycles. The van der Waals surface area contributed by atoms with Gasteiger partial charge in [0.25, 0.3) is 0 Å². The number of aromatic nitrogens is 3. The summed E-state index contributed by atoms with van der Waals surface area (Å²) < 4.78 is 88.1. The number of ether oxygens (including phenoxy) is 5. The number of halogens is 4. The molecule has 0 aliphatic carbocycles. The van der Waals surface area contributed by atoms with Gasteiger partial charge in [0.05, 0.1) is 26.0 Å². The van der Waals surface area contributed by atoms with Crippen LogP contribution in [0.4, 0.5) is 17.6 Å². The zero-order chi connectivity index (χ0) is 27.4. The first kappa shape index (κ1) is 26.3. The van der Waals surface area contributed by atoms with Crippen molar-refractivity contribution in [2.45, 2.75) is 69.2 Å². The zero-order valence-electron chi connectivity index (χ0n) is 21.3. The van der Waals surface area contributed by atoms with Crippen molar-refractivity contribution in [1.82, 2.24) is 15.0 Å². The SMILES string of the molecule is CC1(C)OC[C@H]2O[C@@]3(CCCO3)[C@H](OCc3cccc(F)c3)[C@@H](n3cc(-c4cc(F)c(F)c(F)c4)nn3)[C@H]2O1. The van der Waals surface area contributed by atoms with E-state index in [0.29, 0.717) is 25.0 Å². The summed E-state index contributed by atoms with van der Waals surface area (Å²) in [6.45, 7) is 4.24. The second-order valence-electron chi connectivity index (χ2n) is 10.4. The van der Waals surface area contributed by atoms with Crippen molar-refractivity contribution in [2.75, 3.05) is 13.2 Å². The Labute approximate surface area is 221 Å². The van der Waals surface area contributed by atoms with Crippen LogP contribution in [0.15, 0.2) is 42.6 Å². The summed E-state index contributed by atoms with van der Waals surface area (Å²) in [6.07, 6.45) is 0.732. The van der Waals surface area contributed by atoms with E-state index in [9.17, 15) is 17.6 Å². The molecule has 3 aliphatic rings. The van der Waals surface area contributed by atoms with Crippen LogP contribution in [0.1, 0.15) is 38.3 Å². The van der Waals surface area contributed by atoms with E-state index in [1.165, 1.54) is 23.0 Å². The molecule has 2 aromatic carbocycles. The van der Waals surface area contributed by atoms with E-state index in [-0.39, 0.29) is 24.5 Å². The van der Waals surface area contributed by atoms with Crippen molar-refractivity contribution in [2.24, 2.45) is 0 Å². The van der Waals surface area contributed by atoms with Crippen LogP contribution < -0.4 is 0 Å². The molecule has 6 rings (SSSR count). The topological polar surface area (TPSA) is 76.9 Å². The maximum atomic E-state index is 14.0. The van der Waals surface area contributed by atoms with Crippen LogP contribution in [0, 0.1) is 23.3 Å². The molecule has 1 aromatic heterocycles. The van der Waals surface area contributed by atoms with Gasteiger partial charge >= 0.3 is 0 Å². The summed E-state index contributed by atoms with van der Waals surface area (Å²) in [5.41, 5.74) is 0.736. The Hall–Kier alpha value is -2.90. The van der Waals surface area contributed by atoms with Gasteiger partial charge in [0.15, 0.2) is 29.0 Å². The third-order valence-corrected chi connectivity index (χ3v) is 7.24. The van der Waals surface area contributed by atoms with Gasteiger partial charge in [-0.1, -0.05) is 17.3 Å². The second kappa shape index (κ2) is 9.93. The fourth-order valence-corrected chi connectivity index (χ4v) is 5.50. The molecule has 208 valence electrons. The normalized spacial score (nSPS) is 30.0. The van der Waals surface area contributed by atoms with E-state index in [4.69, 9.17) is 23.7 Å². The van der Waals surface area contributed by atoms with Crippen molar-refractivity contribution < 1.29 is 41.2 Å². The van der Waals surface area contributed by atoms with Gasteiger partial charge in [-0.05, 0) is 50.1 Å². The summed E-state index contributed by atoms with van der Waals surface area (Å²) in [4.78, 5) is 0. The highest BCUT2D eigenvalue weighted by Gasteiger charge is 2.61. The molecular weight excluding hydrogens is 522 g/mol. The molecule has 4 heterocycles. The highest BCUT2D eigenvalue weighted by Crippen LogP contribution is 2.48. The predicted octanol–water partition coefficient (Wildman–Crippen LogP) is 4.69. The molecule has 5 atom stereocenters. The number of rotatable bonds is 5. The number of hydrogen-bond acceptors (Lipinski definition) is 7. The highest BCUT2D eigenvalue weighted by atomic mass is 19.2. The minimum Gasteiger partial charge on any atom is -0.366 e. The first-order valence-corrected chi connectivity index (χ1v) is 12.7. The van der Waals surface area contributed by atoms with E-state index in [0.717, 1.165) is 12.1 Å². The van der Waals surface area contributed by atoms with E-state index in [2.05, 4.69) is 10.3 Å². The van der Waals surface area contributed by atoms with Crippen LogP contribution in [0.5, 0.6) is 0 Å². The van der Waals surface area contributed by atoms with Crippen LogP contribution >= 0.6 is 0 Å². The lowest BCUT2D eigenvalue weighted by Crippen LogP contribution is -2.67. The average Bonchev–Trinajstić information content (AvgIpc) is 3.56.